The first-order valence-corrected chi connectivity index (χ1v) is 8.46. The van der Waals surface area contributed by atoms with Crippen LogP contribution in [0.25, 0.3) is 0 Å². The van der Waals surface area contributed by atoms with Gasteiger partial charge >= 0.3 is 0 Å². The van der Waals surface area contributed by atoms with E-state index in [4.69, 9.17) is 0 Å². The first kappa shape index (κ1) is 13.0. The Morgan fingerprint density at radius 3 is 2.37 bits per heavy atom. The Morgan fingerprint density at radius 1 is 1.21 bits per heavy atom. The van der Waals surface area contributed by atoms with Crippen molar-refractivity contribution in [2.24, 2.45) is 11.8 Å². The molecule has 104 valence electrons. The standard InChI is InChI=1S/C14H22N4S/c1-3-15-11-8-12(18-14(17-11)19-2)16-13(9-4-5-9)10-6-7-10/h8-10,13H,3-7H2,1-2H3,(H2,15,16,17,18). The number of rotatable bonds is 7. The van der Waals surface area contributed by atoms with Crippen molar-refractivity contribution in [3.05, 3.63) is 6.07 Å². The molecule has 5 heteroatoms. The minimum absolute atomic E-state index is 0.638. The minimum atomic E-state index is 0.638. The lowest BCUT2D eigenvalue weighted by atomic mass is 10.1. The summed E-state index contributed by atoms with van der Waals surface area (Å²) in [5.74, 6) is 3.67. The zero-order chi connectivity index (χ0) is 13.2. The summed E-state index contributed by atoms with van der Waals surface area (Å²) in [6.45, 7) is 2.98. The quantitative estimate of drug-likeness (QED) is 0.592. The van der Waals surface area contributed by atoms with Crippen molar-refractivity contribution in [2.45, 2.75) is 43.8 Å². The Bertz CT molecular complexity index is 431. The van der Waals surface area contributed by atoms with Gasteiger partial charge in [0.15, 0.2) is 5.16 Å². The second kappa shape index (κ2) is 5.57. The third-order valence-electron chi connectivity index (χ3n) is 3.82. The van der Waals surface area contributed by atoms with Crippen molar-refractivity contribution >= 4 is 23.4 Å². The fourth-order valence-electron chi connectivity index (χ4n) is 2.56. The summed E-state index contributed by atoms with van der Waals surface area (Å²) in [6, 6.07) is 2.68. The van der Waals surface area contributed by atoms with Gasteiger partial charge in [0, 0.05) is 18.7 Å². The van der Waals surface area contributed by atoms with Gasteiger partial charge in [-0.1, -0.05) is 11.8 Å². The van der Waals surface area contributed by atoms with Crippen molar-refractivity contribution in [1.82, 2.24) is 9.97 Å². The molecule has 1 aromatic rings. The summed E-state index contributed by atoms with van der Waals surface area (Å²) in [7, 11) is 0. The molecule has 0 amide bonds. The molecule has 3 rings (SSSR count). The molecule has 4 nitrogen and oxygen atoms in total. The molecule has 2 N–H and O–H groups in total. The summed E-state index contributed by atoms with van der Waals surface area (Å²) >= 11 is 1.60. The summed E-state index contributed by atoms with van der Waals surface area (Å²) in [5, 5.41) is 7.79. The lowest BCUT2D eigenvalue weighted by molar-refractivity contribution is 0.564. The maximum Gasteiger partial charge on any atom is 0.191 e. The largest absolute Gasteiger partial charge is 0.370 e. The second-order valence-corrected chi connectivity index (χ2v) is 6.27. The van der Waals surface area contributed by atoms with Crippen LogP contribution in [0.3, 0.4) is 0 Å². The van der Waals surface area contributed by atoms with Crippen molar-refractivity contribution < 1.29 is 0 Å². The van der Waals surface area contributed by atoms with Gasteiger partial charge in [-0.3, -0.25) is 0 Å². The number of aromatic nitrogens is 2. The number of hydrogen-bond donors (Lipinski definition) is 2. The van der Waals surface area contributed by atoms with Gasteiger partial charge < -0.3 is 10.6 Å². The molecule has 2 aliphatic carbocycles. The van der Waals surface area contributed by atoms with Crippen LogP contribution in [0.4, 0.5) is 11.6 Å². The van der Waals surface area contributed by atoms with Crippen LogP contribution in [0.5, 0.6) is 0 Å². The molecular formula is C14H22N4S. The number of anilines is 2. The third kappa shape index (κ3) is 3.32. The van der Waals surface area contributed by atoms with Crippen molar-refractivity contribution in [3.63, 3.8) is 0 Å². The average Bonchev–Trinajstić information content (AvgIpc) is 3.29. The van der Waals surface area contributed by atoms with E-state index >= 15 is 0 Å². The minimum Gasteiger partial charge on any atom is -0.370 e. The first-order chi connectivity index (χ1) is 9.30. The smallest absolute Gasteiger partial charge is 0.191 e. The highest BCUT2D eigenvalue weighted by Crippen LogP contribution is 2.45. The molecular weight excluding hydrogens is 256 g/mol. The van der Waals surface area contributed by atoms with Crippen LogP contribution in [0.1, 0.15) is 32.6 Å². The molecule has 0 saturated heterocycles. The fourth-order valence-corrected chi connectivity index (χ4v) is 2.94. The Morgan fingerprint density at radius 2 is 1.84 bits per heavy atom. The van der Waals surface area contributed by atoms with Crippen LogP contribution in [0, 0.1) is 11.8 Å². The van der Waals surface area contributed by atoms with Crippen LogP contribution >= 0.6 is 11.8 Å². The maximum absolute atomic E-state index is 4.60. The van der Waals surface area contributed by atoms with Gasteiger partial charge in [0.05, 0.1) is 0 Å². The highest BCUT2D eigenvalue weighted by atomic mass is 32.2. The van der Waals surface area contributed by atoms with Crippen molar-refractivity contribution in [1.29, 1.82) is 0 Å². The normalized spacial score (nSPS) is 18.7. The van der Waals surface area contributed by atoms with Crippen LogP contribution in [0.2, 0.25) is 0 Å². The lowest BCUT2D eigenvalue weighted by Crippen LogP contribution is -2.25. The van der Waals surface area contributed by atoms with Crippen molar-refractivity contribution in [2.75, 3.05) is 23.4 Å². The van der Waals surface area contributed by atoms with Crippen LogP contribution < -0.4 is 10.6 Å². The van der Waals surface area contributed by atoms with E-state index in [1.165, 1.54) is 25.7 Å². The molecule has 2 fully saturated rings. The monoisotopic (exact) mass is 278 g/mol. The van der Waals surface area contributed by atoms with E-state index < -0.39 is 0 Å². The number of hydrogen-bond acceptors (Lipinski definition) is 5. The Balaban J connectivity index is 1.75. The van der Waals surface area contributed by atoms with E-state index in [1.807, 2.05) is 12.3 Å². The maximum atomic E-state index is 4.60. The summed E-state index contributed by atoms with van der Waals surface area (Å²) in [6.07, 6.45) is 7.56. The van der Waals surface area contributed by atoms with E-state index in [2.05, 4.69) is 27.5 Å². The zero-order valence-electron chi connectivity index (χ0n) is 11.6. The highest BCUT2D eigenvalue weighted by molar-refractivity contribution is 7.98. The van der Waals surface area contributed by atoms with E-state index in [0.717, 1.165) is 35.2 Å². The number of nitrogens with zero attached hydrogens (tertiary/aromatic N) is 2. The lowest BCUT2D eigenvalue weighted by Gasteiger charge is -2.19. The molecule has 0 radical (unpaired) electrons. The molecule has 1 heterocycles. The zero-order valence-corrected chi connectivity index (χ0v) is 12.5. The number of thioether (sulfide) groups is 1. The topological polar surface area (TPSA) is 49.8 Å². The molecule has 0 spiro atoms. The van der Waals surface area contributed by atoms with Gasteiger partial charge in [-0.15, -0.1) is 0 Å². The molecule has 0 aromatic carbocycles. The van der Waals surface area contributed by atoms with E-state index in [-0.39, 0.29) is 0 Å². The second-order valence-electron chi connectivity index (χ2n) is 5.50. The molecule has 2 saturated carbocycles. The molecule has 0 unspecified atom stereocenters. The Kier molecular flexibility index (Phi) is 3.82. The van der Waals surface area contributed by atoms with E-state index in [0.29, 0.717) is 6.04 Å². The molecule has 0 atom stereocenters. The van der Waals surface area contributed by atoms with Gasteiger partial charge in [0.1, 0.15) is 11.6 Å². The predicted octanol–water partition coefficient (Wildman–Crippen LogP) is 3.23. The Labute approximate surface area is 119 Å². The van der Waals surface area contributed by atoms with Crippen LogP contribution in [0.15, 0.2) is 11.2 Å². The first-order valence-electron chi connectivity index (χ1n) is 7.23. The van der Waals surface area contributed by atoms with Crippen LogP contribution in [-0.4, -0.2) is 28.8 Å². The summed E-state index contributed by atoms with van der Waals surface area (Å²) in [4.78, 5) is 9.07. The van der Waals surface area contributed by atoms with Gasteiger partial charge in [-0.25, -0.2) is 9.97 Å². The van der Waals surface area contributed by atoms with Gasteiger partial charge in [0.2, 0.25) is 0 Å². The predicted molar refractivity (Wildman–Crippen MR) is 80.8 cm³/mol. The molecule has 2 aliphatic rings. The average molecular weight is 278 g/mol. The highest BCUT2D eigenvalue weighted by Gasteiger charge is 2.41. The fraction of sp³-hybridized carbons (Fsp3) is 0.714. The summed E-state index contributed by atoms with van der Waals surface area (Å²) < 4.78 is 0. The molecule has 0 bridgehead atoms. The third-order valence-corrected chi connectivity index (χ3v) is 4.37. The van der Waals surface area contributed by atoms with Gasteiger partial charge in [-0.05, 0) is 50.7 Å². The molecule has 0 aliphatic heterocycles. The van der Waals surface area contributed by atoms with Gasteiger partial charge in [-0.2, -0.15) is 0 Å². The van der Waals surface area contributed by atoms with Crippen LogP contribution in [-0.2, 0) is 0 Å². The van der Waals surface area contributed by atoms with Crippen molar-refractivity contribution in [3.8, 4) is 0 Å². The number of nitrogens with one attached hydrogen (secondary N) is 2. The van der Waals surface area contributed by atoms with E-state index in [1.54, 1.807) is 11.8 Å². The van der Waals surface area contributed by atoms with Gasteiger partial charge in [0.25, 0.3) is 0 Å². The molecule has 19 heavy (non-hydrogen) atoms. The Hall–Kier alpha value is -0.970. The summed E-state index contributed by atoms with van der Waals surface area (Å²) in [5.41, 5.74) is 0. The SMILES string of the molecule is CCNc1cc(NC(C2CC2)C2CC2)nc(SC)n1. The van der Waals surface area contributed by atoms with E-state index in [9.17, 15) is 0 Å². The molecule has 1 aromatic heterocycles.